The summed E-state index contributed by atoms with van der Waals surface area (Å²) in [5.41, 5.74) is 0. The first kappa shape index (κ1) is 13.1. The van der Waals surface area contributed by atoms with Crippen molar-refractivity contribution < 1.29 is 4.79 Å². The predicted octanol–water partition coefficient (Wildman–Crippen LogP) is 3.40. The van der Waals surface area contributed by atoms with Gasteiger partial charge in [0, 0.05) is 31.5 Å². The topological polar surface area (TPSA) is 20.3 Å². The van der Waals surface area contributed by atoms with E-state index in [0.717, 1.165) is 31.3 Å². The lowest BCUT2D eigenvalue weighted by molar-refractivity contribution is -0.123. The monoisotopic (exact) mass is 237 g/mol. The van der Waals surface area contributed by atoms with Crippen molar-refractivity contribution in [2.75, 3.05) is 6.54 Å². The van der Waals surface area contributed by atoms with Gasteiger partial charge in [0.1, 0.15) is 5.78 Å². The Kier molecular flexibility index (Phi) is 4.61. The molecule has 2 rings (SSSR count). The fourth-order valence-electron chi connectivity index (χ4n) is 3.74. The quantitative estimate of drug-likeness (QED) is 0.750. The zero-order valence-corrected chi connectivity index (χ0v) is 11.5. The normalized spacial score (nSPS) is 36.1. The number of rotatable bonds is 3. The van der Waals surface area contributed by atoms with Gasteiger partial charge in [0.2, 0.25) is 0 Å². The van der Waals surface area contributed by atoms with E-state index in [4.69, 9.17) is 0 Å². The van der Waals surface area contributed by atoms with Crippen LogP contribution in [0.5, 0.6) is 0 Å². The molecule has 1 unspecified atom stereocenters. The highest BCUT2D eigenvalue weighted by Gasteiger charge is 2.31. The largest absolute Gasteiger partial charge is 0.300 e. The van der Waals surface area contributed by atoms with E-state index < -0.39 is 0 Å². The molecular weight excluding hydrogens is 210 g/mol. The second-order valence-corrected chi connectivity index (χ2v) is 6.04. The molecule has 2 fully saturated rings. The number of ketones is 1. The lowest BCUT2D eigenvalue weighted by Gasteiger charge is -2.42. The van der Waals surface area contributed by atoms with Gasteiger partial charge in [-0.3, -0.25) is 9.69 Å². The SMILES string of the molecule is CCCC1CCC(N2CCC(=O)CC2C)CC1. The summed E-state index contributed by atoms with van der Waals surface area (Å²) >= 11 is 0. The minimum absolute atomic E-state index is 0.466. The summed E-state index contributed by atoms with van der Waals surface area (Å²) in [6.45, 7) is 5.54. The Bertz CT molecular complexity index is 256. The zero-order valence-electron chi connectivity index (χ0n) is 11.5. The Morgan fingerprint density at radius 2 is 1.94 bits per heavy atom. The number of carbonyl (C=O) groups is 1. The van der Waals surface area contributed by atoms with E-state index in [1.165, 1.54) is 38.5 Å². The molecule has 1 heterocycles. The van der Waals surface area contributed by atoms with Crippen LogP contribution >= 0.6 is 0 Å². The van der Waals surface area contributed by atoms with Crippen LogP contribution in [-0.2, 0) is 4.79 Å². The maximum Gasteiger partial charge on any atom is 0.135 e. The average Bonchev–Trinajstić information content (AvgIpc) is 2.31. The summed E-state index contributed by atoms with van der Waals surface area (Å²) in [6, 6.07) is 1.26. The highest BCUT2D eigenvalue weighted by Crippen LogP contribution is 2.32. The third-order valence-electron chi connectivity index (χ3n) is 4.72. The van der Waals surface area contributed by atoms with Crippen molar-refractivity contribution >= 4 is 5.78 Å². The van der Waals surface area contributed by atoms with E-state index in [0.29, 0.717) is 11.8 Å². The molecule has 1 aliphatic heterocycles. The number of likely N-dealkylation sites (tertiary alicyclic amines) is 1. The maximum absolute atomic E-state index is 11.4. The molecule has 17 heavy (non-hydrogen) atoms. The molecule has 2 aliphatic rings. The second-order valence-electron chi connectivity index (χ2n) is 6.04. The Morgan fingerprint density at radius 1 is 1.24 bits per heavy atom. The van der Waals surface area contributed by atoms with E-state index in [2.05, 4.69) is 18.7 Å². The fraction of sp³-hybridized carbons (Fsp3) is 0.933. The molecule has 0 aromatic carbocycles. The van der Waals surface area contributed by atoms with Crippen LogP contribution in [0, 0.1) is 5.92 Å². The number of hydrogen-bond acceptors (Lipinski definition) is 2. The Balaban J connectivity index is 1.82. The lowest BCUT2D eigenvalue weighted by atomic mass is 9.82. The third-order valence-corrected chi connectivity index (χ3v) is 4.72. The van der Waals surface area contributed by atoms with Gasteiger partial charge in [0.15, 0.2) is 0 Å². The molecule has 1 saturated heterocycles. The fourth-order valence-corrected chi connectivity index (χ4v) is 3.74. The number of carbonyl (C=O) groups excluding carboxylic acids is 1. The van der Waals surface area contributed by atoms with E-state index in [1.807, 2.05) is 0 Å². The van der Waals surface area contributed by atoms with Gasteiger partial charge < -0.3 is 0 Å². The van der Waals surface area contributed by atoms with Crippen molar-refractivity contribution in [1.29, 1.82) is 0 Å². The highest BCUT2D eigenvalue weighted by molar-refractivity contribution is 5.79. The average molecular weight is 237 g/mol. The smallest absolute Gasteiger partial charge is 0.135 e. The van der Waals surface area contributed by atoms with Gasteiger partial charge in [-0.2, -0.15) is 0 Å². The lowest BCUT2D eigenvalue weighted by Crippen LogP contribution is -2.48. The number of nitrogens with zero attached hydrogens (tertiary/aromatic N) is 1. The van der Waals surface area contributed by atoms with Gasteiger partial charge >= 0.3 is 0 Å². The summed E-state index contributed by atoms with van der Waals surface area (Å²) in [5, 5.41) is 0. The molecule has 2 heteroatoms. The molecule has 0 aromatic rings. The van der Waals surface area contributed by atoms with Crippen molar-refractivity contribution in [1.82, 2.24) is 4.90 Å². The van der Waals surface area contributed by atoms with E-state index in [9.17, 15) is 4.79 Å². The van der Waals surface area contributed by atoms with E-state index in [1.54, 1.807) is 0 Å². The van der Waals surface area contributed by atoms with Gasteiger partial charge in [-0.05, 0) is 38.5 Å². The van der Waals surface area contributed by atoms with Gasteiger partial charge in [0.05, 0.1) is 0 Å². The molecule has 1 saturated carbocycles. The first-order valence-electron chi connectivity index (χ1n) is 7.48. The number of hydrogen-bond donors (Lipinski definition) is 0. The van der Waals surface area contributed by atoms with Crippen molar-refractivity contribution in [2.45, 2.75) is 77.3 Å². The highest BCUT2D eigenvalue weighted by atomic mass is 16.1. The summed E-state index contributed by atoms with van der Waals surface area (Å²) < 4.78 is 0. The first-order valence-corrected chi connectivity index (χ1v) is 7.48. The van der Waals surface area contributed by atoms with Crippen LogP contribution in [-0.4, -0.2) is 29.3 Å². The van der Waals surface area contributed by atoms with Crippen molar-refractivity contribution in [3.05, 3.63) is 0 Å². The molecule has 0 spiro atoms. The molecule has 98 valence electrons. The summed E-state index contributed by atoms with van der Waals surface area (Å²) in [5.74, 6) is 1.45. The van der Waals surface area contributed by atoms with E-state index >= 15 is 0 Å². The molecule has 0 bridgehead atoms. The second kappa shape index (κ2) is 5.99. The molecule has 0 amide bonds. The summed E-state index contributed by atoms with van der Waals surface area (Å²) in [4.78, 5) is 14.0. The Morgan fingerprint density at radius 3 is 2.53 bits per heavy atom. The predicted molar refractivity (Wildman–Crippen MR) is 71.1 cm³/mol. The van der Waals surface area contributed by atoms with Crippen LogP contribution in [0.15, 0.2) is 0 Å². The minimum atomic E-state index is 0.466. The molecule has 0 N–H and O–H groups in total. The van der Waals surface area contributed by atoms with Crippen LogP contribution in [0.4, 0.5) is 0 Å². The van der Waals surface area contributed by atoms with Gasteiger partial charge in [-0.15, -0.1) is 0 Å². The van der Waals surface area contributed by atoms with Crippen molar-refractivity contribution in [3.63, 3.8) is 0 Å². The molecule has 1 aliphatic carbocycles. The van der Waals surface area contributed by atoms with Crippen LogP contribution in [0.3, 0.4) is 0 Å². The first-order chi connectivity index (χ1) is 8.20. The Hall–Kier alpha value is -0.370. The van der Waals surface area contributed by atoms with Gasteiger partial charge in [0.25, 0.3) is 0 Å². The summed E-state index contributed by atoms with van der Waals surface area (Å²) in [6.07, 6.45) is 9.89. The maximum atomic E-state index is 11.4. The van der Waals surface area contributed by atoms with Crippen molar-refractivity contribution in [3.8, 4) is 0 Å². The molecular formula is C15H27NO. The van der Waals surface area contributed by atoms with Gasteiger partial charge in [-0.1, -0.05) is 19.8 Å². The van der Waals surface area contributed by atoms with Crippen LogP contribution in [0.2, 0.25) is 0 Å². The van der Waals surface area contributed by atoms with Crippen molar-refractivity contribution in [2.24, 2.45) is 5.92 Å². The molecule has 1 atom stereocenters. The number of Topliss-reactive ketones (excluding diaryl/α,β-unsaturated/α-hetero) is 1. The van der Waals surface area contributed by atoms with Crippen LogP contribution < -0.4 is 0 Å². The van der Waals surface area contributed by atoms with Crippen LogP contribution in [0.25, 0.3) is 0 Å². The third kappa shape index (κ3) is 3.31. The van der Waals surface area contributed by atoms with Crippen LogP contribution in [0.1, 0.15) is 65.2 Å². The molecule has 0 radical (unpaired) electrons. The molecule has 0 aromatic heterocycles. The number of piperidine rings is 1. The Labute approximate surface area is 106 Å². The van der Waals surface area contributed by atoms with Gasteiger partial charge in [-0.25, -0.2) is 0 Å². The molecule has 2 nitrogen and oxygen atoms in total. The minimum Gasteiger partial charge on any atom is -0.300 e. The zero-order chi connectivity index (χ0) is 12.3. The standard InChI is InChI=1S/C15H27NO/c1-3-4-13-5-7-14(8-6-13)16-10-9-15(17)11-12(16)2/h12-14H,3-11H2,1-2H3. The van der Waals surface area contributed by atoms with E-state index in [-0.39, 0.29) is 0 Å². The summed E-state index contributed by atoms with van der Waals surface area (Å²) in [7, 11) is 0.